The molecule has 2 saturated heterocycles. The number of carboxylic acids is 1. The van der Waals surface area contributed by atoms with E-state index in [2.05, 4.69) is 6.92 Å². The van der Waals surface area contributed by atoms with Crippen LogP contribution in [0.25, 0.3) is 0 Å². The van der Waals surface area contributed by atoms with Gasteiger partial charge in [-0.3, -0.25) is 19.3 Å². The van der Waals surface area contributed by atoms with Gasteiger partial charge in [0.15, 0.2) is 0 Å². The van der Waals surface area contributed by atoms with Gasteiger partial charge in [0.05, 0.1) is 5.41 Å². The molecule has 2 amide bonds. The number of hydrogen-bond donors (Lipinski definition) is 1. The van der Waals surface area contributed by atoms with Crippen LogP contribution in [0, 0.1) is 11.3 Å². The quantitative estimate of drug-likeness (QED) is 0.790. The van der Waals surface area contributed by atoms with Crippen molar-refractivity contribution in [2.75, 3.05) is 6.54 Å². The maximum atomic E-state index is 12.3. The molecule has 3 aliphatic rings. The Morgan fingerprint density at radius 3 is 2.19 bits per heavy atom. The van der Waals surface area contributed by atoms with E-state index in [0.29, 0.717) is 31.6 Å². The monoisotopic (exact) mass is 295 g/mol. The van der Waals surface area contributed by atoms with Crippen LogP contribution in [0.4, 0.5) is 0 Å². The predicted octanol–water partition coefficient (Wildman–Crippen LogP) is 1.18. The second kappa shape index (κ2) is 5.09. The molecule has 3 fully saturated rings. The summed E-state index contributed by atoms with van der Waals surface area (Å²) in [6.07, 6.45) is 2.71. The highest BCUT2D eigenvalue weighted by molar-refractivity contribution is 6.02. The highest BCUT2D eigenvalue weighted by Crippen LogP contribution is 2.41. The van der Waals surface area contributed by atoms with Crippen LogP contribution in [0.2, 0.25) is 0 Å². The lowest BCUT2D eigenvalue weighted by Crippen LogP contribution is -2.57. The minimum atomic E-state index is -0.978. The molecular formula is C15H21NO5. The van der Waals surface area contributed by atoms with Gasteiger partial charge in [-0.1, -0.05) is 6.92 Å². The van der Waals surface area contributed by atoms with Crippen molar-refractivity contribution in [3.8, 4) is 0 Å². The Morgan fingerprint density at radius 1 is 1.19 bits per heavy atom. The van der Waals surface area contributed by atoms with E-state index in [1.54, 1.807) is 0 Å². The molecule has 6 nitrogen and oxygen atoms in total. The van der Waals surface area contributed by atoms with Gasteiger partial charge in [0.2, 0.25) is 0 Å². The van der Waals surface area contributed by atoms with E-state index in [4.69, 9.17) is 4.74 Å². The number of ether oxygens (including phenoxy) is 1. The molecule has 2 aliphatic heterocycles. The third-order valence-electron chi connectivity index (χ3n) is 5.25. The van der Waals surface area contributed by atoms with Crippen LogP contribution in [-0.2, 0) is 19.1 Å². The van der Waals surface area contributed by atoms with Gasteiger partial charge in [-0.2, -0.15) is 0 Å². The highest BCUT2D eigenvalue weighted by atomic mass is 16.5. The minimum Gasteiger partial charge on any atom is -0.481 e. The molecule has 116 valence electrons. The molecule has 6 heteroatoms. The summed E-state index contributed by atoms with van der Waals surface area (Å²) in [7, 11) is 0. The Labute approximate surface area is 123 Å². The van der Waals surface area contributed by atoms with Crippen molar-refractivity contribution >= 4 is 17.8 Å². The number of carboxylic acid groups (broad SMARTS) is 1. The number of carbonyl (C=O) groups excluding carboxylic acids is 2. The molecule has 3 rings (SSSR count). The largest absolute Gasteiger partial charge is 0.481 e. The number of carbonyl (C=O) groups is 3. The van der Waals surface area contributed by atoms with Crippen LogP contribution in [0.15, 0.2) is 0 Å². The van der Waals surface area contributed by atoms with Crippen LogP contribution in [0.1, 0.15) is 45.4 Å². The number of likely N-dealkylation sites (tertiary alicyclic amines) is 1. The maximum Gasteiger partial charge on any atom is 0.311 e. The van der Waals surface area contributed by atoms with Crippen LogP contribution in [-0.4, -0.2) is 46.5 Å². The van der Waals surface area contributed by atoms with E-state index in [1.807, 2.05) is 0 Å². The summed E-state index contributed by atoms with van der Waals surface area (Å²) < 4.78 is 5.36. The zero-order valence-corrected chi connectivity index (χ0v) is 12.2. The van der Waals surface area contributed by atoms with Crippen molar-refractivity contribution in [2.45, 2.75) is 57.7 Å². The second-order valence-corrected chi connectivity index (χ2v) is 6.72. The van der Waals surface area contributed by atoms with Crippen molar-refractivity contribution in [3.05, 3.63) is 0 Å². The van der Waals surface area contributed by atoms with Gasteiger partial charge >= 0.3 is 5.97 Å². The van der Waals surface area contributed by atoms with Gasteiger partial charge in [0, 0.05) is 6.54 Å². The molecule has 2 unspecified atom stereocenters. The number of hydrogen-bond acceptors (Lipinski definition) is 4. The highest BCUT2D eigenvalue weighted by Gasteiger charge is 2.51. The van der Waals surface area contributed by atoms with Crippen LogP contribution < -0.4 is 0 Å². The number of imide groups is 1. The van der Waals surface area contributed by atoms with Crippen molar-refractivity contribution in [1.29, 1.82) is 0 Å². The number of rotatable bonds is 3. The number of nitrogens with zero attached hydrogens (tertiary/aromatic N) is 1. The first kappa shape index (κ1) is 14.5. The van der Waals surface area contributed by atoms with Gasteiger partial charge in [0.25, 0.3) is 11.8 Å². The molecule has 0 spiro atoms. The van der Waals surface area contributed by atoms with Gasteiger partial charge in [-0.25, -0.2) is 0 Å². The molecule has 21 heavy (non-hydrogen) atoms. The molecule has 1 aliphatic carbocycles. The van der Waals surface area contributed by atoms with Crippen LogP contribution in [0.3, 0.4) is 0 Å². The Hall–Kier alpha value is -1.43. The van der Waals surface area contributed by atoms with E-state index in [9.17, 15) is 19.5 Å². The topological polar surface area (TPSA) is 83.9 Å². The SMILES string of the molecule is CC1CCC(CN2C(=O)C3CCC(O3)C2=O)(C(=O)O)CC1. The fourth-order valence-corrected chi connectivity index (χ4v) is 3.67. The summed E-state index contributed by atoms with van der Waals surface area (Å²) in [4.78, 5) is 37.5. The fourth-order valence-electron chi connectivity index (χ4n) is 3.67. The molecule has 0 aromatic carbocycles. The Balaban J connectivity index is 1.81. The first-order valence-electron chi connectivity index (χ1n) is 7.67. The summed E-state index contributed by atoms with van der Waals surface area (Å²) >= 11 is 0. The van der Waals surface area contributed by atoms with Crippen molar-refractivity contribution in [1.82, 2.24) is 4.90 Å². The van der Waals surface area contributed by atoms with Gasteiger partial charge in [0.1, 0.15) is 12.2 Å². The maximum absolute atomic E-state index is 12.3. The summed E-state index contributed by atoms with van der Waals surface area (Å²) in [5.41, 5.74) is -0.978. The van der Waals surface area contributed by atoms with E-state index < -0.39 is 23.6 Å². The number of fused-ring (bicyclic) bond motifs is 2. The fraction of sp³-hybridized carbons (Fsp3) is 0.800. The molecular weight excluding hydrogens is 274 g/mol. The van der Waals surface area contributed by atoms with Gasteiger partial charge < -0.3 is 9.84 Å². The second-order valence-electron chi connectivity index (χ2n) is 6.72. The Morgan fingerprint density at radius 2 is 1.71 bits per heavy atom. The molecule has 0 aromatic rings. The molecule has 2 bridgehead atoms. The molecule has 1 N–H and O–H groups in total. The first-order valence-corrected chi connectivity index (χ1v) is 7.67. The summed E-state index contributed by atoms with van der Waals surface area (Å²) in [6.45, 7) is 2.11. The standard InChI is InChI=1S/C15H21NO5/c1-9-4-6-15(7-5-9,14(19)20)8-16-12(17)10-2-3-11(21-10)13(16)18/h9-11H,2-8H2,1H3,(H,19,20). The molecule has 0 radical (unpaired) electrons. The van der Waals surface area contributed by atoms with Crippen molar-refractivity contribution in [3.63, 3.8) is 0 Å². The molecule has 2 heterocycles. The molecule has 1 saturated carbocycles. The predicted molar refractivity (Wildman–Crippen MR) is 72.3 cm³/mol. The zero-order valence-electron chi connectivity index (χ0n) is 12.2. The van der Waals surface area contributed by atoms with Crippen molar-refractivity contribution < 1.29 is 24.2 Å². The smallest absolute Gasteiger partial charge is 0.311 e. The van der Waals surface area contributed by atoms with Crippen LogP contribution >= 0.6 is 0 Å². The lowest BCUT2D eigenvalue weighted by molar-refractivity contribution is -0.173. The Kier molecular flexibility index (Phi) is 3.51. The molecule has 0 aromatic heterocycles. The van der Waals surface area contributed by atoms with Crippen molar-refractivity contribution in [2.24, 2.45) is 11.3 Å². The van der Waals surface area contributed by atoms with Gasteiger partial charge in [-0.15, -0.1) is 0 Å². The number of morpholine rings is 1. The zero-order chi connectivity index (χ0) is 15.2. The normalized spacial score (nSPS) is 39.7. The third-order valence-corrected chi connectivity index (χ3v) is 5.25. The number of amides is 2. The minimum absolute atomic E-state index is 0.00306. The van der Waals surface area contributed by atoms with E-state index in [-0.39, 0.29) is 18.4 Å². The lowest BCUT2D eigenvalue weighted by atomic mass is 9.70. The summed E-state index contributed by atoms with van der Waals surface area (Å²) in [5.74, 6) is -1.10. The van der Waals surface area contributed by atoms with Gasteiger partial charge in [-0.05, 0) is 44.4 Å². The average Bonchev–Trinajstić information content (AvgIpc) is 2.91. The lowest BCUT2D eigenvalue weighted by Gasteiger charge is -2.40. The van der Waals surface area contributed by atoms with E-state index in [0.717, 1.165) is 17.7 Å². The van der Waals surface area contributed by atoms with Crippen LogP contribution in [0.5, 0.6) is 0 Å². The first-order chi connectivity index (χ1) is 9.93. The third kappa shape index (κ3) is 2.35. The number of aliphatic carboxylic acids is 1. The summed E-state index contributed by atoms with van der Waals surface area (Å²) in [6, 6.07) is 0. The van der Waals surface area contributed by atoms with E-state index in [1.165, 1.54) is 0 Å². The Bertz CT molecular complexity index is 458. The summed E-state index contributed by atoms with van der Waals surface area (Å²) in [5, 5.41) is 9.65. The average molecular weight is 295 g/mol. The molecule has 2 atom stereocenters. The van der Waals surface area contributed by atoms with E-state index >= 15 is 0 Å².